The van der Waals surface area contributed by atoms with Crippen LogP contribution in [-0.2, 0) is 13.0 Å². The van der Waals surface area contributed by atoms with Gasteiger partial charge in [-0.25, -0.2) is 4.39 Å². The molecule has 2 rings (SSSR count). The van der Waals surface area contributed by atoms with Gasteiger partial charge in [-0.05, 0) is 36.2 Å². The Kier molecular flexibility index (Phi) is 5.70. The summed E-state index contributed by atoms with van der Waals surface area (Å²) in [4.78, 5) is 8.40. The van der Waals surface area contributed by atoms with E-state index < -0.39 is 0 Å². The first kappa shape index (κ1) is 15.0. The van der Waals surface area contributed by atoms with E-state index in [9.17, 15) is 4.39 Å². The highest BCUT2D eigenvalue weighted by Crippen LogP contribution is 2.02. The molecule has 0 bridgehead atoms. The predicted molar refractivity (Wildman–Crippen MR) is 82.5 cm³/mol. The van der Waals surface area contributed by atoms with Gasteiger partial charge >= 0.3 is 0 Å². The van der Waals surface area contributed by atoms with Crippen molar-refractivity contribution in [3.8, 4) is 0 Å². The van der Waals surface area contributed by atoms with E-state index >= 15 is 0 Å². The lowest BCUT2D eigenvalue weighted by atomic mass is 10.1. The molecule has 21 heavy (non-hydrogen) atoms. The van der Waals surface area contributed by atoms with E-state index in [1.807, 2.05) is 18.2 Å². The molecule has 2 aromatic rings. The summed E-state index contributed by atoms with van der Waals surface area (Å²) in [6.45, 7) is 1.35. The first-order valence-electron chi connectivity index (χ1n) is 6.87. The minimum Gasteiger partial charge on any atom is -0.356 e. The van der Waals surface area contributed by atoms with E-state index in [0.717, 1.165) is 30.2 Å². The Bertz CT molecular complexity index is 567. The zero-order valence-electron chi connectivity index (χ0n) is 12.0. The third kappa shape index (κ3) is 5.22. The van der Waals surface area contributed by atoms with Gasteiger partial charge in [-0.1, -0.05) is 18.2 Å². The van der Waals surface area contributed by atoms with E-state index in [4.69, 9.17) is 0 Å². The van der Waals surface area contributed by atoms with Crippen LogP contribution in [0.15, 0.2) is 53.7 Å². The summed E-state index contributed by atoms with van der Waals surface area (Å²) in [5.74, 6) is 0.516. The molecule has 0 spiro atoms. The molecule has 0 saturated heterocycles. The molecule has 0 aliphatic heterocycles. The fraction of sp³-hybridized carbons (Fsp3) is 0.250. The van der Waals surface area contributed by atoms with Crippen molar-refractivity contribution < 1.29 is 4.39 Å². The monoisotopic (exact) mass is 286 g/mol. The summed E-state index contributed by atoms with van der Waals surface area (Å²) in [7, 11) is 1.73. The van der Waals surface area contributed by atoms with Gasteiger partial charge in [0.1, 0.15) is 5.82 Å². The quantitative estimate of drug-likeness (QED) is 0.654. The van der Waals surface area contributed by atoms with Crippen LogP contribution in [0.5, 0.6) is 0 Å². The number of aliphatic imine (C=N–C) groups is 1. The maximum atomic E-state index is 12.8. The van der Waals surface area contributed by atoms with E-state index in [-0.39, 0.29) is 5.82 Å². The van der Waals surface area contributed by atoms with Crippen molar-refractivity contribution in [3.05, 3.63) is 65.7 Å². The van der Waals surface area contributed by atoms with Crippen LogP contribution in [0.4, 0.5) is 4.39 Å². The van der Waals surface area contributed by atoms with Crippen LogP contribution >= 0.6 is 0 Å². The Balaban J connectivity index is 1.74. The molecule has 2 N–H and O–H groups in total. The largest absolute Gasteiger partial charge is 0.356 e. The average molecular weight is 286 g/mol. The van der Waals surface area contributed by atoms with Gasteiger partial charge in [0, 0.05) is 19.8 Å². The molecule has 0 atom stereocenters. The number of nitrogens with one attached hydrogen (secondary N) is 2. The average Bonchev–Trinajstić information content (AvgIpc) is 2.53. The minimum atomic E-state index is -0.209. The highest BCUT2D eigenvalue weighted by Gasteiger charge is 1.99. The lowest BCUT2D eigenvalue weighted by Crippen LogP contribution is -2.38. The molecular formula is C16H19FN4. The molecule has 0 unspecified atom stereocenters. The summed E-state index contributed by atoms with van der Waals surface area (Å²) >= 11 is 0. The molecule has 0 amide bonds. The Morgan fingerprint density at radius 1 is 1.14 bits per heavy atom. The topological polar surface area (TPSA) is 49.3 Å². The molecule has 1 aromatic heterocycles. The number of pyridine rings is 1. The molecule has 0 aliphatic carbocycles. The summed E-state index contributed by atoms with van der Waals surface area (Å²) in [5.41, 5.74) is 2.04. The molecule has 110 valence electrons. The number of hydrogen-bond donors (Lipinski definition) is 2. The van der Waals surface area contributed by atoms with Gasteiger partial charge in [0.15, 0.2) is 5.96 Å². The molecule has 5 heteroatoms. The number of aromatic nitrogens is 1. The Morgan fingerprint density at radius 3 is 2.62 bits per heavy atom. The number of rotatable bonds is 5. The van der Waals surface area contributed by atoms with Crippen molar-refractivity contribution in [2.75, 3.05) is 13.6 Å². The van der Waals surface area contributed by atoms with Gasteiger partial charge in [-0.3, -0.25) is 9.98 Å². The van der Waals surface area contributed by atoms with E-state index in [2.05, 4.69) is 20.6 Å². The van der Waals surface area contributed by atoms with Crippen LogP contribution in [0.3, 0.4) is 0 Å². The molecule has 4 nitrogen and oxygen atoms in total. The zero-order valence-corrected chi connectivity index (χ0v) is 12.0. The predicted octanol–water partition coefficient (Wildman–Crippen LogP) is 2.13. The normalized spacial score (nSPS) is 11.2. The summed E-state index contributed by atoms with van der Waals surface area (Å²) in [6, 6.07) is 12.3. The van der Waals surface area contributed by atoms with Crippen molar-refractivity contribution >= 4 is 5.96 Å². The molecule has 1 heterocycles. The van der Waals surface area contributed by atoms with Crippen molar-refractivity contribution in [1.29, 1.82) is 0 Å². The fourth-order valence-corrected chi connectivity index (χ4v) is 1.87. The number of halogens is 1. The summed E-state index contributed by atoms with van der Waals surface area (Å²) in [5, 5.41) is 6.42. The Labute approximate surface area is 124 Å². The van der Waals surface area contributed by atoms with Crippen molar-refractivity contribution in [3.63, 3.8) is 0 Å². The second-order valence-corrected chi connectivity index (χ2v) is 4.55. The highest BCUT2D eigenvalue weighted by molar-refractivity contribution is 5.79. The Hall–Kier alpha value is -2.43. The second-order valence-electron chi connectivity index (χ2n) is 4.55. The zero-order chi connectivity index (χ0) is 14.9. The summed E-state index contributed by atoms with van der Waals surface area (Å²) < 4.78 is 12.8. The van der Waals surface area contributed by atoms with E-state index in [1.165, 1.54) is 12.1 Å². The van der Waals surface area contributed by atoms with Gasteiger partial charge in [0.25, 0.3) is 0 Å². The minimum absolute atomic E-state index is 0.209. The van der Waals surface area contributed by atoms with Crippen LogP contribution in [0.1, 0.15) is 11.3 Å². The lowest BCUT2D eigenvalue weighted by Gasteiger charge is -2.11. The van der Waals surface area contributed by atoms with Crippen molar-refractivity contribution in [2.45, 2.75) is 13.0 Å². The van der Waals surface area contributed by atoms with Crippen LogP contribution < -0.4 is 10.6 Å². The fourth-order valence-electron chi connectivity index (χ4n) is 1.87. The lowest BCUT2D eigenvalue weighted by molar-refractivity contribution is 0.626. The molecule has 0 radical (unpaired) electrons. The van der Waals surface area contributed by atoms with Crippen LogP contribution in [0, 0.1) is 5.82 Å². The van der Waals surface area contributed by atoms with Gasteiger partial charge in [0.05, 0.1) is 12.2 Å². The van der Waals surface area contributed by atoms with Crippen molar-refractivity contribution in [2.24, 2.45) is 4.99 Å². The molecule has 0 aliphatic rings. The second kappa shape index (κ2) is 7.99. The van der Waals surface area contributed by atoms with Crippen molar-refractivity contribution in [1.82, 2.24) is 15.6 Å². The maximum absolute atomic E-state index is 12.8. The van der Waals surface area contributed by atoms with Gasteiger partial charge in [-0.2, -0.15) is 0 Å². The van der Waals surface area contributed by atoms with Crippen LogP contribution in [0.25, 0.3) is 0 Å². The summed E-state index contributed by atoms with van der Waals surface area (Å²) in [6.07, 6.45) is 2.58. The van der Waals surface area contributed by atoms with Gasteiger partial charge in [0.2, 0.25) is 0 Å². The third-order valence-electron chi connectivity index (χ3n) is 3.01. The standard InChI is InChI=1S/C16H19FN4/c1-18-16(21-12-15-4-2-3-10-19-15)20-11-9-13-5-7-14(17)8-6-13/h2-8,10H,9,11-12H2,1H3,(H2,18,20,21). The van der Waals surface area contributed by atoms with Crippen LogP contribution in [0.2, 0.25) is 0 Å². The molecule has 0 saturated carbocycles. The molecule has 0 fully saturated rings. The maximum Gasteiger partial charge on any atom is 0.191 e. The van der Waals surface area contributed by atoms with Gasteiger partial charge < -0.3 is 10.6 Å². The number of nitrogens with zero attached hydrogens (tertiary/aromatic N) is 2. The molecule has 1 aromatic carbocycles. The number of benzene rings is 1. The van der Waals surface area contributed by atoms with E-state index in [1.54, 1.807) is 25.4 Å². The Morgan fingerprint density at radius 2 is 1.95 bits per heavy atom. The number of hydrogen-bond acceptors (Lipinski definition) is 2. The molecular weight excluding hydrogens is 267 g/mol. The first-order valence-corrected chi connectivity index (χ1v) is 6.87. The highest BCUT2D eigenvalue weighted by atomic mass is 19.1. The van der Waals surface area contributed by atoms with E-state index in [0.29, 0.717) is 6.54 Å². The SMILES string of the molecule is CN=C(NCCc1ccc(F)cc1)NCc1ccccn1. The smallest absolute Gasteiger partial charge is 0.191 e. The van der Waals surface area contributed by atoms with Crippen LogP contribution in [-0.4, -0.2) is 24.5 Å². The first-order chi connectivity index (χ1) is 10.3. The number of guanidine groups is 1. The van der Waals surface area contributed by atoms with Gasteiger partial charge in [-0.15, -0.1) is 0 Å². The third-order valence-corrected chi connectivity index (χ3v) is 3.01.